The van der Waals surface area contributed by atoms with E-state index < -0.39 is 0 Å². The van der Waals surface area contributed by atoms with Crippen LogP contribution in [0.4, 0.5) is 5.69 Å². The van der Waals surface area contributed by atoms with Crippen LogP contribution >= 0.6 is 0 Å². The zero-order valence-electron chi connectivity index (χ0n) is 11.8. The molecule has 1 aliphatic heterocycles. The molecule has 3 heteroatoms. The first-order chi connectivity index (χ1) is 9.83. The van der Waals surface area contributed by atoms with Crippen molar-refractivity contribution in [2.24, 2.45) is 0 Å². The third kappa shape index (κ3) is 2.94. The molecular formula is C17H20N2O. The minimum Gasteiger partial charge on any atom is -0.457 e. The molecular weight excluding hydrogens is 248 g/mol. The predicted molar refractivity (Wildman–Crippen MR) is 82.6 cm³/mol. The summed E-state index contributed by atoms with van der Waals surface area (Å²) in [6.07, 6.45) is 0. The minimum absolute atomic E-state index is 0.510. The van der Waals surface area contributed by atoms with Gasteiger partial charge in [-0.25, -0.2) is 0 Å². The molecule has 0 bridgehead atoms. The van der Waals surface area contributed by atoms with Gasteiger partial charge >= 0.3 is 0 Å². The number of piperazine rings is 1. The van der Waals surface area contributed by atoms with Crippen molar-refractivity contribution in [3.63, 3.8) is 0 Å². The summed E-state index contributed by atoms with van der Waals surface area (Å²) in [7, 11) is 0. The van der Waals surface area contributed by atoms with Crippen molar-refractivity contribution in [2.45, 2.75) is 13.0 Å². The van der Waals surface area contributed by atoms with E-state index >= 15 is 0 Å². The number of ether oxygens (including phenoxy) is 1. The van der Waals surface area contributed by atoms with Crippen molar-refractivity contribution < 1.29 is 4.74 Å². The Kier molecular flexibility index (Phi) is 3.88. The zero-order valence-corrected chi connectivity index (χ0v) is 11.8. The molecule has 104 valence electrons. The largest absolute Gasteiger partial charge is 0.457 e. The van der Waals surface area contributed by atoms with E-state index in [1.165, 1.54) is 5.69 Å². The van der Waals surface area contributed by atoms with Crippen LogP contribution in [0.15, 0.2) is 54.6 Å². The van der Waals surface area contributed by atoms with Crippen molar-refractivity contribution in [2.75, 3.05) is 24.5 Å². The van der Waals surface area contributed by atoms with Gasteiger partial charge in [-0.15, -0.1) is 0 Å². The van der Waals surface area contributed by atoms with Crippen molar-refractivity contribution in [1.29, 1.82) is 0 Å². The number of rotatable bonds is 3. The Morgan fingerprint density at radius 1 is 1.05 bits per heavy atom. The Hall–Kier alpha value is -2.00. The zero-order chi connectivity index (χ0) is 13.8. The minimum atomic E-state index is 0.510. The summed E-state index contributed by atoms with van der Waals surface area (Å²) in [4.78, 5) is 2.42. The number of anilines is 1. The number of benzene rings is 2. The second-order valence-electron chi connectivity index (χ2n) is 5.16. The summed E-state index contributed by atoms with van der Waals surface area (Å²) in [5.41, 5.74) is 1.23. The molecule has 0 radical (unpaired) electrons. The molecule has 0 amide bonds. The molecule has 1 unspecified atom stereocenters. The summed E-state index contributed by atoms with van der Waals surface area (Å²) in [6.45, 7) is 5.35. The van der Waals surface area contributed by atoms with Gasteiger partial charge in [0.05, 0.1) is 0 Å². The van der Waals surface area contributed by atoms with E-state index in [-0.39, 0.29) is 0 Å². The van der Waals surface area contributed by atoms with Crippen LogP contribution in [0.5, 0.6) is 11.5 Å². The number of para-hydroxylation sites is 1. The molecule has 0 spiro atoms. The monoisotopic (exact) mass is 268 g/mol. The van der Waals surface area contributed by atoms with Crippen LogP contribution in [0.25, 0.3) is 0 Å². The first-order valence-electron chi connectivity index (χ1n) is 7.13. The molecule has 1 N–H and O–H groups in total. The molecule has 1 atom stereocenters. The van der Waals surface area contributed by atoms with Gasteiger partial charge in [-0.2, -0.15) is 0 Å². The topological polar surface area (TPSA) is 24.5 Å². The summed E-state index contributed by atoms with van der Waals surface area (Å²) in [5, 5.41) is 3.42. The quantitative estimate of drug-likeness (QED) is 0.924. The highest BCUT2D eigenvalue weighted by Crippen LogP contribution is 2.27. The van der Waals surface area contributed by atoms with Crippen molar-refractivity contribution in [3.05, 3.63) is 54.6 Å². The predicted octanol–water partition coefficient (Wildman–Crippen LogP) is 3.28. The van der Waals surface area contributed by atoms with Gasteiger partial charge in [0.1, 0.15) is 11.5 Å². The van der Waals surface area contributed by atoms with Crippen LogP contribution in [0.3, 0.4) is 0 Å². The van der Waals surface area contributed by atoms with Gasteiger partial charge in [-0.3, -0.25) is 0 Å². The average Bonchev–Trinajstić information content (AvgIpc) is 2.49. The fourth-order valence-electron chi connectivity index (χ4n) is 2.57. The summed E-state index contributed by atoms with van der Waals surface area (Å²) in [6, 6.07) is 18.7. The van der Waals surface area contributed by atoms with E-state index in [0.29, 0.717) is 6.04 Å². The number of nitrogens with zero attached hydrogens (tertiary/aromatic N) is 1. The molecule has 0 aliphatic carbocycles. The molecule has 2 aromatic carbocycles. The first kappa shape index (κ1) is 13.0. The number of hydrogen-bond donors (Lipinski definition) is 1. The van der Waals surface area contributed by atoms with E-state index in [4.69, 9.17) is 4.74 Å². The average molecular weight is 268 g/mol. The van der Waals surface area contributed by atoms with E-state index in [1.54, 1.807) is 0 Å². The summed E-state index contributed by atoms with van der Waals surface area (Å²) < 4.78 is 5.90. The van der Waals surface area contributed by atoms with Crippen LogP contribution in [-0.4, -0.2) is 25.7 Å². The second-order valence-corrected chi connectivity index (χ2v) is 5.16. The number of hydrogen-bond acceptors (Lipinski definition) is 3. The highest BCUT2D eigenvalue weighted by Gasteiger charge is 2.18. The van der Waals surface area contributed by atoms with E-state index in [2.05, 4.69) is 35.3 Å². The summed E-state index contributed by atoms with van der Waals surface area (Å²) >= 11 is 0. The molecule has 0 aromatic heterocycles. The standard InChI is InChI=1S/C17H20N2O/c1-14-13-18-10-11-19(14)15-6-5-9-17(12-15)20-16-7-3-2-4-8-16/h2-9,12,14,18H,10-11,13H2,1H3. The SMILES string of the molecule is CC1CNCCN1c1cccc(Oc2ccccc2)c1. The molecule has 2 aromatic rings. The molecule has 3 nitrogen and oxygen atoms in total. The van der Waals surface area contributed by atoms with Crippen LogP contribution in [0, 0.1) is 0 Å². The lowest BCUT2D eigenvalue weighted by atomic mass is 10.1. The van der Waals surface area contributed by atoms with Crippen LogP contribution in [0.2, 0.25) is 0 Å². The van der Waals surface area contributed by atoms with Crippen LogP contribution < -0.4 is 15.0 Å². The lowest BCUT2D eigenvalue weighted by Crippen LogP contribution is -2.49. The maximum atomic E-state index is 5.90. The van der Waals surface area contributed by atoms with Gasteiger partial charge in [-0.1, -0.05) is 24.3 Å². The van der Waals surface area contributed by atoms with Gasteiger partial charge < -0.3 is 15.0 Å². The third-order valence-corrected chi connectivity index (χ3v) is 3.63. The summed E-state index contributed by atoms with van der Waals surface area (Å²) in [5.74, 6) is 1.76. The maximum Gasteiger partial charge on any atom is 0.129 e. The lowest BCUT2D eigenvalue weighted by Gasteiger charge is -2.36. The van der Waals surface area contributed by atoms with E-state index in [9.17, 15) is 0 Å². The number of nitrogens with one attached hydrogen (secondary N) is 1. The van der Waals surface area contributed by atoms with Gasteiger partial charge in [0.15, 0.2) is 0 Å². The fraction of sp³-hybridized carbons (Fsp3) is 0.294. The Balaban J connectivity index is 1.79. The molecule has 0 saturated carbocycles. The van der Waals surface area contributed by atoms with Crippen molar-refractivity contribution in [1.82, 2.24) is 5.32 Å². The molecule has 1 saturated heterocycles. The van der Waals surface area contributed by atoms with Crippen molar-refractivity contribution >= 4 is 5.69 Å². The first-order valence-corrected chi connectivity index (χ1v) is 7.13. The Labute approximate surface area is 120 Å². The van der Waals surface area contributed by atoms with E-state index in [0.717, 1.165) is 31.1 Å². The second kappa shape index (κ2) is 5.97. The van der Waals surface area contributed by atoms with Gasteiger partial charge in [0.25, 0.3) is 0 Å². The Bertz CT molecular complexity index is 556. The smallest absolute Gasteiger partial charge is 0.129 e. The normalized spacial score (nSPS) is 18.9. The van der Waals surface area contributed by atoms with Crippen LogP contribution in [0.1, 0.15) is 6.92 Å². The van der Waals surface area contributed by atoms with Gasteiger partial charge in [0, 0.05) is 37.4 Å². The highest BCUT2D eigenvalue weighted by atomic mass is 16.5. The fourth-order valence-corrected chi connectivity index (χ4v) is 2.57. The molecule has 3 rings (SSSR count). The van der Waals surface area contributed by atoms with Gasteiger partial charge in [0.2, 0.25) is 0 Å². The molecule has 1 aliphatic rings. The van der Waals surface area contributed by atoms with E-state index in [1.807, 2.05) is 36.4 Å². The Morgan fingerprint density at radius 3 is 2.65 bits per heavy atom. The molecule has 20 heavy (non-hydrogen) atoms. The lowest BCUT2D eigenvalue weighted by molar-refractivity contribution is 0.479. The molecule has 1 heterocycles. The molecule has 1 fully saturated rings. The van der Waals surface area contributed by atoms with Crippen LogP contribution in [-0.2, 0) is 0 Å². The third-order valence-electron chi connectivity index (χ3n) is 3.63. The maximum absolute atomic E-state index is 5.90. The van der Waals surface area contributed by atoms with Gasteiger partial charge in [-0.05, 0) is 31.2 Å². The highest BCUT2D eigenvalue weighted by molar-refractivity contribution is 5.52. The van der Waals surface area contributed by atoms with Crippen molar-refractivity contribution in [3.8, 4) is 11.5 Å². The Morgan fingerprint density at radius 2 is 1.85 bits per heavy atom.